The number of carbonyl (C=O) groups excluding carboxylic acids is 1. The summed E-state index contributed by atoms with van der Waals surface area (Å²) in [5.41, 5.74) is -0.276. The highest BCUT2D eigenvalue weighted by molar-refractivity contribution is 5.84. The van der Waals surface area contributed by atoms with Crippen LogP contribution in [0.2, 0.25) is 0 Å². The summed E-state index contributed by atoms with van der Waals surface area (Å²) in [6.45, 7) is 11.5. The van der Waals surface area contributed by atoms with Crippen molar-refractivity contribution in [2.24, 2.45) is 0 Å². The molecule has 0 radical (unpaired) electrons. The third kappa shape index (κ3) is 3.42. The quantitative estimate of drug-likeness (QED) is 0.771. The van der Waals surface area contributed by atoms with Crippen LogP contribution in [0, 0.1) is 0 Å². The molecule has 0 aliphatic carbocycles. The first kappa shape index (κ1) is 14.5. The van der Waals surface area contributed by atoms with Gasteiger partial charge in [0, 0.05) is 6.61 Å². The second-order valence-electron chi connectivity index (χ2n) is 5.21. The zero-order valence-corrected chi connectivity index (χ0v) is 11.7. The Kier molecular flexibility index (Phi) is 4.95. The van der Waals surface area contributed by atoms with Crippen LogP contribution in [0.4, 0.5) is 0 Å². The van der Waals surface area contributed by atoms with E-state index in [1.54, 1.807) is 0 Å². The van der Waals surface area contributed by atoms with Gasteiger partial charge in [0.05, 0.1) is 24.4 Å². The lowest BCUT2D eigenvalue weighted by atomic mass is 10.1. The first-order chi connectivity index (χ1) is 7.95. The van der Waals surface area contributed by atoms with Crippen LogP contribution < -0.4 is 5.32 Å². The van der Waals surface area contributed by atoms with E-state index in [0.717, 1.165) is 12.8 Å². The highest BCUT2D eigenvalue weighted by Gasteiger charge is 2.39. The third-order valence-electron chi connectivity index (χ3n) is 3.23. The van der Waals surface area contributed by atoms with Crippen molar-refractivity contribution in [3.05, 3.63) is 0 Å². The summed E-state index contributed by atoms with van der Waals surface area (Å²) in [7, 11) is 0. The second kappa shape index (κ2) is 5.83. The van der Waals surface area contributed by atoms with Crippen molar-refractivity contribution in [3.63, 3.8) is 0 Å². The Balaban J connectivity index is 2.70. The normalized spacial score (nSPS) is 25.7. The summed E-state index contributed by atoms with van der Waals surface area (Å²) in [5, 5.41) is 3.38. The number of rotatable bonds is 6. The zero-order chi connectivity index (χ0) is 13.1. The minimum absolute atomic E-state index is 0.0163. The molecule has 2 unspecified atom stereocenters. The van der Waals surface area contributed by atoms with Gasteiger partial charge in [0.2, 0.25) is 5.91 Å². The minimum Gasteiger partial charge on any atom is -0.374 e. The molecule has 100 valence electrons. The summed E-state index contributed by atoms with van der Waals surface area (Å²) in [5.74, 6) is 0.215. The summed E-state index contributed by atoms with van der Waals surface area (Å²) in [4.78, 5) is 14.1. The van der Waals surface area contributed by atoms with E-state index in [1.807, 2.05) is 32.6 Å². The maximum atomic E-state index is 12.2. The lowest BCUT2D eigenvalue weighted by molar-refractivity contribution is -0.134. The number of amides is 1. The fourth-order valence-electron chi connectivity index (χ4n) is 2.41. The molecule has 1 saturated heterocycles. The SMILES string of the molecule is CCOC(C)(C)CN1C(=O)C(CC)NC1CC. The van der Waals surface area contributed by atoms with Crippen LogP contribution in [0.25, 0.3) is 0 Å². The van der Waals surface area contributed by atoms with Crippen LogP contribution in [0.1, 0.15) is 47.5 Å². The summed E-state index contributed by atoms with van der Waals surface area (Å²) < 4.78 is 5.68. The molecule has 0 saturated carbocycles. The fourth-order valence-corrected chi connectivity index (χ4v) is 2.41. The molecule has 2 atom stereocenters. The van der Waals surface area contributed by atoms with Crippen molar-refractivity contribution in [2.75, 3.05) is 13.2 Å². The number of carbonyl (C=O) groups is 1. The Morgan fingerprint density at radius 3 is 2.41 bits per heavy atom. The summed E-state index contributed by atoms with van der Waals surface area (Å²) >= 11 is 0. The van der Waals surface area contributed by atoms with Gasteiger partial charge in [0.1, 0.15) is 0 Å². The van der Waals surface area contributed by atoms with Gasteiger partial charge in [-0.05, 0) is 33.6 Å². The van der Waals surface area contributed by atoms with E-state index in [1.165, 1.54) is 0 Å². The molecule has 1 aliphatic heterocycles. The highest BCUT2D eigenvalue weighted by Crippen LogP contribution is 2.20. The largest absolute Gasteiger partial charge is 0.374 e. The number of nitrogens with zero attached hydrogens (tertiary/aromatic N) is 1. The molecule has 1 aliphatic rings. The number of ether oxygens (including phenoxy) is 1. The molecule has 1 amide bonds. The second-order valence-corrected chi connectivity index (χ2v) is 5.21. The van der Waals surface area contributed by atoms with E-state index < -0.39 is 0 Å². The monoisotopic (exact) mass is 242 g/mol. The Labute approximate surface area is 105 Å². The summed E-state index contributed by atoms with van der Waals surface area (Å²) in [6.07, 6.45) is 1.94. The molecule has 1 rings (SSSR count). The average molecular weight is 242 g/mol. The average Bonchev–Trinajstić information content (AvgIpc) is 2.55. The predicted molar refractivity (Wildman–Crippen MR) is 68.7 cm³/mol. The molecule has 1 N–H and O–H groups in total. The molecule has 0 bridgehead atoms. The lowest BCUT2D eigenvalue weighted by Gasteiger charge is -2.33. The predicted octanol–water partition coefficient (Wildman–Crippen LogP) is 1.75. The maximum absolute atomic E-state index is 12.2. The van der Waals surface area contributed by atoms with Gasteiger partial charge in [-0.1, -0.05) is 13.8 Å². The Hall–Kier alpha value is -0.610. The van der Waals surface area contributed by atoms with E-state index in [0.29, 0.717) is 13.2 Å². The van der Waals surface area contributed by atoms with Gasteiger partial charge in [-0.25, -0.2) is 0 Å². The van der Waals surface area contributed by atoms with Gasteiger partial charge < -0.3 is 9.64 Å². The molecule has 17 heavy (non-hydrogen) atoms. The highest BCUT2D eigenvalue weighted by atomic mass is 16.5. The molecular formula is C13H26N2O2. The van der Waals surface area contributed by atoms with Crippen molar-refractivity contribution in [1.82, 2.24) is 10.2 Å². The van der Waals surface area contributed by atoms with Crippen LogP contribution in [0.5, 0.6) is 0 Å². The molecule has 0 spiro atoms. The molecular weight excluding hydrogens is 216 g/mol. The van der Waals surface area contributed by atoms with E-state index in [-0.39, 0.29) is 23.7 Å². The van der Waals surface area contributed by atoms with Gasteiger partial charge in [-0.2, -0.15) is 0 Å². The van der Waals surface area contributed by atoms with Crippen molar-refractivity contribution >= 4 is 5.91 Å². The Bertz CT molecular complexity index is 266. The Morgan fingerprint density at radius 2 is 1.94 bits per heavy atom. The van der Waals surface area contributed by atoms with Gasteiger partial charge in [-0.3, -0.25) is 10.1 Å². The molecule has 1 heterocycles. The standard InChI is InChI=1S/C13H26N2O2/c1-6-10-12(16)15(11(7-2)14-10)9-13(4,5)17-8-3/h10-11,14H,6-9H2,1-5H3. The Morgan fingerprint density at radius 1 is 1.29 bits per heavy atom. The number of hydrogen-bond acceptors (Lipinski definition) is 3. The lowest BCUT2D eigenvalue weighted by Crippen LogP contribution is -2.46. The first-order valence-electron chi connectivity index (χ1n) is 6.65. The van der Waals surface area contributed by atoms with E-state index in [2.05, 4.69) is 12.2 Å². The maximum Gasteiger partial charge on any atom is 0.241 e. The van der Waals surface area contributed by atoms with Crippen LogP contribution in [0.15, 0.2) is 0 Å². The van der Waals surface area contributed by atoms with Crippen LogP contribution in [0.3, 0.4) is 0 Å². The molecule has 4 nitrogen and oxygen atoms in total. The van der Waals surface area contributed by atoms with E-state index in [4.69, 9.17) is 4.74 Å². The van der Waals surface area contributed by atoms with Gasteiger partial charge >= 0.3 is 0 Å². The first-order valence-corrected chi connectivity index (χ1v) is 6.65. The molecule has 0 aromatic heterocycles. The van der Waals surface area contributed by atoms with Crippen molar-refractivity contribution < 1.29 is 9.53 Å². The molecule has 0 aromatic rings. The van der Waals surface area contributed by atoms with Crippen LogP contribution >= 0.6 is 0 Å². The van der Waals surface area contributed by atoms with Gasteiger partial charge in [-0.15, -0.1) is 0 Å². The van der Waals surface area contributed by atoms with E-state index in [9.17, 15) is 4.79 Å². The zero-order valence-electron chi connectivity index (χ0n) is 11.7. The van der Waals surface area contributed by atoms with Crippen LogP contribution in [-0.4, -0.2) is 41.8 Å². The van der Waals surface area contributed by atoms with Crippen molar-refractivity contribution in [2.45, 2.75) is 65.3 Å². The van der Waals surface area contributed by atoms with Crippen molar-refractivity contribution in [3.8, 4) is 0 Å². The van der Waals surface area contributed by atoms with Gasteiger partial charge in [0.25, 0.3) is 0 Å². The molecule has 0 aromatic carbocycles. The topological polar surface area (TPSA) is 41.6 Å². The molecule has 1 fully saturated rings. The third-order valence-corrected chi connectivity index (χ3v) is 3.23. The number of hydrogen-bond donors (Lipinski definition) is 1. The molecule has 4 heteroatoms. The van der Waals surface area contributed by atoms with Gasteiger partial charge in [0.15, 0.2) is 0 Å². The smallest absolute Gasteiger partial charge is 0.241 e. The summed E-state index contributed by atoms with van der Waals surface area (Å²) in [6, 6.07) is -0.0163. The fraction of sp³-hybridized carbons (Fsp3) is 0.923. The van der Waals surface area contributed by atoms with E-state index >= 15 is 0 Å². The van der Waals surface area contributed by atoms with Crippen molar-refractivity contribution in [1.29, 1.82) is 0 Å². The van der Waals surface area contributed by atoms with Crippen LogP contribution in [-0.2, 0) is 9.53 Å². The number of nitrogens with one attached hydrogen (secondary N) is 1. The minimum atomic E-state index is -0.276.